The second-order valence-electron chi connectivity index (χ2n) is 3.98. The van der Waals surface area contributed by atoms with Gasteiger partial charge in [-0.1, -0.05) is 24.3 Å². The number of benzene rings is 1. The van der Waals surface area contributed by atoms with Gasteiger partial charge in [0.2, 0.25) is 0 Å². The van der Waals surface area contributed by atoms with Gasteiger partial charge in [-0.05, 0) is 36.5 Å². The molecule has 1 heterocycles. The standard InChI is InChI=1S/C13H13N/c1-9-8-14-13-11(9)7-6-10-4-2-3-5-12(10)13/h2-5,8,14H,6-7H2,1H3. The number of fused-ring (bicyclic) bond motifs is 3. The molecule has 1 N–H and O–H groups in total. The Morgan fingerprint density at radius 3 is 2.93 bits per heavy atom. The second kappa shape index (κ2) is 2.74. The van der Waals surface area contributed by atoms with Crippen LogP contribution in [0.15, 0.2) is 30.5 Å². The molecule has 1 aliphatic rings. The van der Waals surface area contributed by atoms with Crippen molar-refractivity contribution in [2.45, 2.75) is 19.8 Å². The number of H-pyrrole nitrogens is 1. The Morgan fingerprint density at radius 1 is 1.14 bits per heavy atom. The van der Waals surface area contributed by atoms with Crippen LogP contribution in [0.2, 0.25) is 0 Å². The first kappa shape index (κ1) is 7.86. The van der Waals surface area contributed by atoms with Crippen LogP contribution in [0.5, 0.6) is 0 Å². The minimum Gasteiger partial charge on any atom is -0.361 e. The average molecular weight is 183 g/mol. The number of hydrogen-bond donors (Lipinski definition) is 1. The first-order valence-corrected chi connectivity index (χ1v) is 5.11. The molecule has 1 heteroatoms. The van der Waals surface area contributed by atoms with Crippen LogP contribution in [-0.2, 0) is 12.8 Å². The highest BCUT2D eigenvalue weighted by atomic mass is 14.7. The summed E-state index contributed by atoms with van der Waals surface area (Å²) in [6.07, 6.45) is 4.48. The Bertz CT molecular complexity index is 480. The number of rotatable bonds is 0. The van der Waals surface area contributed by atoms with E-state index in [0.29, 0.717) is 0 Å². The van der Waals surface area contributed by atoms with Crippen LogP contribution < -0.4 is 0 Å². The van der Waals surface area contributed by atoms with Gasteiger partial charge in [0.1, 0.15) is 0 Å². The van der Waals surface area contributed by atoms with Gasteiger partial charge >= 0.3 is 0 Å². The summed E-state index contributed by atoms with van der Waals surface area (Å²) < 4.78 is 0. The van der Waals surface area contributed by atoms with Crippen LogP contribution in [0.1, 0.15) is 16.7 Å². The van der Waals surface area contributed by atoms with Crippen LogP contribution in [0.4, 0.5) is 0 Å². The van der Waals surface area contributed by atoms with Gasteiger partial charge in [0, 0.05) is 17.5 Å². The van der Waals surface area contributed by atoms with Crippen molar-refractivity contribution in [2.24, 2.45) is 0 Å². The van der Waals surface area contributed by atoms with E-state index in [1.54, 1.807) is 0 Å². The molecule has 14 heavy (non-hydrogen) atoms. The van der Waals surface area contributed by atoms with Crippen LogP contribution in [0.3, 0.4) is 0 Å². The molecule has 1 aliphatic carbocycles. The predicted molar refractivity (Wildman–Crippen MR) is 58.4 cm³/mol. The van der Waals surface area contributed by atoms with E-state index in [-0.39, 0.29) is 0 Å². The highest BCUT2D eigenvalue weighted by molar-refractivity contribution is 5.71. The lowest BCUT2D eigenvalue weighted by Gasteiger charge is -2.16. The average Bonchev–Trinajstić information content (AvgIpc) is 2.61. The number of nitrogens with one attached hydrogen (secondary N) is 1. The quantitative estimate of drug-likeness (QED) is 0.646. The summed E-state index contributed by atoms with van der Waals surface area (Å²) in [5.41, 5.74) is 7.10. The molecule has 1 nitrogen and oxygen atoms in total. The summed E-state index contributed by atoms with van der Waals surface area (Å²) in [4.78, 5) is 3.38. The summed E-state index contributed by atoms with van der Waals surface area (Å²) in [7, 11) is 0. The summed E-state index contributed by atoms with van der Waals surface area (Å²) in [5, 5.41) is 0. The highest BCUT2D eigenvalue weighted by Crippen LogP contribution is 2.33. The number of hydrogen-bond acceptors (Lipinski definition) is 0. The molecule has 0 saturated heterocycles. The lowest BCUT2D eigenvalue weighted by atomic mass is 9.89. The van der Waals surface area contributed by atoms with Crippen molar-refractivity contribution >= 4 is 0 Å². The number of aryl methyl sites for hydroxylation is 2. The molecule has 70 valence electrons. The predicted octanol–water partition coefficient (Wildman–Crippen LogP) is 3.09. The summed E-state index contributed by atoms with van der Waals surface area (Å²) in [5.74, 6) is 0. The normalized spacial score (nSPS) is 13.5. The Morgan fingerprint density at radius 2 is 2.00 bits per heavy atom. The van der Waals surface area contributed by atoms with E-state index >= 15 is 0 Å². The molecule has 3 rings (SSSR count). The van der Waals surface area contributed by atoms with Crippen LogP contribution in [-0.4, -0.2) is 4.98 Å². The molecule has 0 atom stereocenters. The maximum atomic E-state index is 3.38. The van der Waals surface area contributed by atoms with Gasteiger partial charge in [0.05, 0.1) is 0 Å². The third-order valence-electron chi connectivity index (χ3n) is 3.14. The molecule has 2 aromatic rings. The van der Waals surface area contributed by atoms with Crippen LogP contribution >= 0.6 is 0 Å². The fourth-order valence-electron chi connectivity index (χ4n) is 2.36. The molecule has 1 aromatic carbocycles. The molecule has 0 bridgehead atoms. The van der Waals surface area contributed by atoms with E-state index in [1.807, 2.05) is 0 Å². The lowest BCUT2D eigenvalue weighted by Crippen LogP contribution is -2.02. The van der Waals surface area contributed by atoms with Crippen molar-refractivity contribution < 1.29 is 0 Å². The van der Waals surface area contributed by atoms with Crippen molar-refractivity contribution in [1.29, 1.82) is 0 Å². The number of aromatic nitrogens is 1. The zero-order valence-electron chi connectivity index (χ0n) is 8.30. The minimum absolute atomic E-state index is 1.18. The molecule has 0 unspecified atom stereocenters. The third kappa shape index (κ3) is 0.955. The molecule has 0 radical (unpaired) electrons. The van der Waals surface area contributed by atoms with Gasteiger partial charge in [-0.25, -0.2) is 0 Å². The molecule has 0 fully saturated rings. The monoisotopic (exact) mass is 183 g/mol. The smallest absolute Gasteiger partial charge is 0.0492 e. The van der Waals surface area contributed by atoms with Crippen molar-refractivity contribution in [3.8, 4) is 11.3 Å². The Kier molecular flexibility index (Phi) is 1.54. The topological polar surface area (TPSA) is 15.8 Å². The van der Waals surface area contributed by atoms with Gasteiger partial charge in [0.25, 0.3) is 0 Å². The molecular weight excluding hydrogens is 170 g/mol. The molecule has 1 aromatic heterocycles. The highest BCUT2D eigenvalue weighted by Gasteiger charge is 2.17. The first-order chi connectivity index (χ1) is 6.86. The van der Waals surface area contributed by atoms with E-state index in [0.717, 1.165) is 0 Å². The first-order valence-electron chi connectivity index (χ1n) is 5.11. The van der Waals surface area contributed by atoms with Gasteiger partial charge < -0.3 is 4.98 Å². The van der Waals surface area contributed by atoms with E-state index in [9.17, 15) is 0 Å². The fourth-order valence-corrected chi connectivity index (χ4v) is 2.36. The lowest BCUT2D eigenvalue weighted by molar-refractivity contribution is 0.934. The number of aromatic amines is 1. The van der Waals surface area contributed by atoms with Gasteiger partial charge in [0.15, 0.2) is 0 Å². The zero-order chi connectivity index (χ0) is 9.54. The molecular formula is C13H13N. The zero-order valence-corrected chi connectivity index (χ0v) is 8.30. The molecule has 0 amide bonds. The van der Waals surface area contributed by atoms with E-state index < -0.39 is 0 Å². The maximum absolute atomic E-state index is 3.38. The Labute approximate surface area is 83.8 Å². The van der Waals surface area contributed by atoms with E-state index in [1.165, 1.54) is 40.8 Å². The van der Waals surface area contributed by atoms with E-state index in [4.69, 9.17) is 0 Å². The second-order valence-corrected chi connectivity index (χ2v) is 3.98. The molecule has 0 spiro atoms. The fraction of sp³-hybridized carbons (Fsp3) is 0.231. The van der Waals surface area contributed by atoms with Crippen molar-refractivity contribution in [2.75, 3.05) is 0 Å². The molecule has 0 aliphatic heterocycles. The van der Waals surface area contributed by atoms with Crippen LogP contribution in [0, 0.1) is 6.92 Å². The van der Waals surface area contributed by atoms with Crippen molar-refractivity contribution in [3.05, 3.63) is 47.2 Å². The van der Waals surface area contributed by atoms with Gasteiger partial charge in [-0.3, -0.25) is 0 Å². The van der Waals surface area contributed by atoms with Gasteiger partial charge in [-0.15, -0.1) is 0 Å². The SMILES string of the molecule is Cc1c[nH]c2c1CCc1ccccc1-2. The largest absolute Gasteiger partial charge is 0.361 e. The summed E-state index contributed by atoms with van der Waals surface area (Å²) >= 11 is 0. The summed E-state index contributed by atoms with van der Waals surface area (Å²) in [6, 6.07) is 8.68. The van der Waals surface area contributed by atoms with Crippen LogP contribution in [0.25, 0.3) is 11.3 Å². The van der Waals surface area contributed by atoms with Gasteiger partial charge in [-0.2, -0.15) is 0 Å². The Hall–Kier alpha value is -1.50. The minimum atomic E-state index is 1.18. The third-order valence-corrected chi connectivity index (χ3v) is 3.14. The van der Waals surface area contributed by atoms with Crippen molar-refractivity contribution in [1.82, 2.24) is 4.98 Å². The van der Waals surface area contributed by atoms with E-state index in [2.05, 4.69) is 42.4 Å². The Balaban J connectivity index is 2.29. The van der Waals surface area contributed by atoms with Crippen molar-refractivity contribution in [3.63, 3.8) is 0 Å². The molecule has 0 saturated carbocycles. The summed E-state index contributed by atoms with van der Waals surface area (Å²) in [6.45, 7) is 2.18. The maximum Gasteiger partial charge on any atom is 0.0492 e.